The monoisotopic (exact) mass is 316 g/mol. The number of nitrogens with one attached hydrogen (secondary N) is 1. The van der Waals surface area contributed by atoms with Crippen LogP contribution in [0, 0.1) is 0 Å². The lowest BCUT2D eigenvalue weighted by Gasteiger charge is -2.23. The van der Waals surface area contributed by atoms with E-state index in [2.05, 4.69) is 10.2 Å². The molecule has 1 amide bonds. The van der Waals surface area contributed by atoms with Gasteiger partial charge < -0.3 is 10.2 Å². The topological polar surface area (TPSA) is 32.3 Å². The van der Waals surface area contributed by atoms with Gasteiger partial charge in [0.15, 0.2) is 0 Å². The summed E-state index contributed by atoms with van der Waals surface area (Å²) in [6, 6.07) is 17.4. The molecule has 0 aliphatic rings. The van der Waals surface area contributed by atoms with E-state index in [9.17, 15) is 4.79 Å². The molecule has 0 aliphatic carbocycles. The molecule has 1 N–H and O–H groups in total. The summed E-state index contributed by atoms with van der Waals surface area (Å²) in [6.45, 7) is 0.760. The van der Waals surface area contributed by atoms with Crippen molar-refractivity contribution in [1.29, 1.82) is 0 Å². The van der Waals surface area contributed by atoms with Crippen LogP contribution in [0.1, 0.15) is 17.2 Å². The van der Waals surface area contributed by atoms with Gasteiger partial charge in [0.05, 0.1) is 12.5 Å². The Morgan fingerprint density at radius 1 is 1.09 bits per heavy atom. The van der Waals surface area contributed by atoms with Gasteiger partial charge in [-0.2, -0.15) is 0 Å². The minimum absolute atomic E-state index is 0.0121. The summed E-state index contributed by atoms with van der Waals surface area (Å²) in [4.78, 5) is 14.4. The summed E-state index contributed by atoms with van der Waals surface area (Å²) in [5.74, 6) is 0.0121. The number of hydrogen-bond acceptors (Lipinski definition) is 2. The summed E-state index contributed by atoms with van der Waals surface area (Å²) in [5, 5.41) is 3.79. The molecule has 0 unspecified atom stereocenters. The van der Waals surface area contributed by atoms with E-state index >= 15 is 0 Å². The Bertz CT molecular complexity index is 596. The van der Waals surface area contributed by atoms with Crippen LogP contribution in [0.5, 0.6) is 0 Å². The summed E-state index contributed by atoms with van der Waals surface area (Å²) < 4.78 is 0. The number of rotatable bonds is 6. The van der Waals surface area contributed by atoms with Gasteiger partial charge in [-0.1, -0.05) is 54.1 Å². The number of amides is 1. The lowest BCUT2D eigenvalue weighted by molar-refractivity contribution is -0.121. The third kappa shape index (κ3) is 5.17. The first-order chi connectivity index (χ1) is 10.5. The molecule has 2 rings (SSSR count). The molecule has 4 heteroatoms. The molecule has 22 heavy (non-hydrogen) atoms. The number of halogens is 1. The third-order valence-corrected chi connectivity index (χ3v) is 3.61. The second-order valence-corrected chi connectivity index (χ2v) is 6.03. The molecule has 0 saturated carbocycles. The quantitative estimate of drug-likeness (QED) is 0.887. The third-order valence-electron chi connectivity index (χ3n) is 3.36. The van der Waals surface area contributed by atoms with Crippen LogP contribution in [-0.2, 0) is 11.2 Å². The fourth-order valence-corrected chi connectivity index (χ4v) is 2.44. The zero-order chi connectivity index (χ0) is 15.9. The van der Waals surface area contributed by atoms with Crippen molar-refractivity contribution in [2.45, 2.75) is 12.5 Å². The summed E-state index contributed by atoms with van der Waals surface area (Å²) in [5.41, 5.74) is 2.07. The molecule has 0 radical (unpaired) electrons. The van der Waals surface area contributed by atoms with Crippen molar-refractivity contribution in [2.24, 2.45) is 0 Å². The lowest BCUT2D eigenvalue weighted by atomic mass is 10.1. The van der Waals surface area contributed by atoms with Gasteiger partial charge in [0.2, 0.25) is 5.91 Å². The van der Waals surface area contributed by atoms with Crippen LogP contribution in [-0.4, -0.2) is 31.4 Å². The minimum Gasteiger partial charge on any atom is -0.348 e. The zero-order valence-corrected chi connectivity index (χ0v) is 13.7. The average Bonchev–Trinajstić information content (AvgIpc) is 2.49. The van der Waals surface area contributed by atoms with Gasteiger partial charge in [-0.15, -0.1) is 0 Å². The first-order valence-electron chi connectivity index (χ1n) is 7.28. The Hall–Kier alpha value is -1.84. The average molecular weight is 317 g/mol. The second-order valence-electron chi connectivity index (χ2n) is 5.60. The first kappa shape index (κ1) is 16.5. The number of carbonyl (C=O) groups excluding carboxylic acids is 1. The van der Waals surface area contributed by atoms with Gasteiger partial charge in [0.25, 0.3) is 0 Å². The van der Waals surface area contributed by atoms with E-state index in [0.29, 0.717) is 11.4 Å². The molecule has 0 aliphatic heterocycles. The molecule has 0 spiro atoms. The zero-order valence-electron chi connectivity index (χ0n) is 12.9. The normalized spacial score (nSPS) is 12.2. The predicted octanol–water partition coefficient (Wildman–Crippen LogP) is 3.30. The lowest BCUT2D eigenvalue weighted by Crippen LogP contribution is -2.36. The number of benzene rings is 2. The Morgan fingerprint density at radius 3 is 2.32 bits per heavy atom. The fraction of sp³-hybridized carbons (Fsp3) is 0.278. The maximum Gasteiger partial charge on any atom is 0.224 e. The van der Waals surface area contributed by atoms with Crippen LogP contribution in [0.4, 0.5) is 0 Å². The SMILES string of the molecule is CN(C)C[C@@H](NC(=O)Cc1ccc(Cl)cc1)c1ccccc1. The number of likely N-dealkylation sites (N-methyl/N-ethyl adjacent to an activating group) is 1. The van der Waals surface area contributed by atoms with Crippen LogP contribution in [0.15, 0.2) is 54.6 Å². The Balaban J connectivity index is 2.03. The Kier molecular flexibility index (Phi) is 5.99. The van der Waals surface area contributed by atoms with Crippen molar-refractivity contribution in [3.63, 3.8) is 0 Å². The molecule has 116 valence electrons. The molecule has 2 aromatic rings. The Labute approximate surface area is 136 Å². The van der Waals surface area contributed by atoms with Crippen molar-refractivity contribution < 1.29 is 4.79 Å². The standard InChI is InChI=1S/C18H21ClN2O/c1-21(2)13-17(15-6-4-3-5-7-15)20-18(22)12-14-8-10-16(19)11-9-14/h3-11,17H,12-13H2,1-2H3,(H,20,22)/t17-/m1/s1. The van der Waals surface area contributed by atoms with Gasteiger partial charge in [0.1, 0.15) is 0 Å². The maximum absolute atomic E-state index is 12.3. The molecule has 0 aromatic heterocycles. The van der Waals surface area contributed by atoms with E-state index in [1.54, 1.807) is 12.1 Å². The van der Waals surface area contributed by atoms with Crippen LogP contribution in [0.25, 0.3) is 0 Å². The van der Waals surface area contributed by atoms with Crippen LogP contribution in [0.3, 0.4) is 0 Å². The van der Waals surface area contributed by atoms with E-state index in [1.807, 2.05) is 56.6 Å². The van der Waals surface area contributed by atoms with Gasteiger partial charge >= 0.3 is 0 Å². The van der Waals surface area contributed by atoms with Gasteiger partial charge in [-0.3, -0.25) is 4.79 Å². The molecule has 0 saturated heterocycles. The molecular formula is C18H21ClN2O. The van der Waals surface area contributed by atoms with E-state index < -0.39 is 0 Å². The fourth-order valence-electron chi connectivity index (χ4n) is 2.32. The predicted molar refractivity (Wildman–Crippen MR) is 91.0 cm³/mol. The maximum atomic E-state index is 12.3. The molecule has 2 aromatic carbocycles. The number of nitrogens with zero attached hydrogens (tertiary/aromatic N) is 1. The van der Waals surface area contributed by atoms with Gasteiger partial charge in [-0.25, -0.2) is 0 Å². The van der Waals surface area contributed by atoms with Crippen molar-refractivity contribution in [3.8, 4) is 0 Å². The molecule has 0 bridgehead atoms. The smallest absolute Gasteiger partial charge is 0.224 e. The molecular weight excluding hydrogens is 296 g/mol. The van der Waals surface area contributed by atoms with E-state index in [1.165, 1.54) is 0 Å². The van der Waals surface area contributed by atoms with E-state index in [4.69, 9.17) is 11.6 Å². The van der Waals surface area contributed by atoms with Crippen molar-refractivity contribution in [3.05, 3.63) is 70.7 Å². The van der Waals surface area contributed by atoms with Gasteiger partial charge in [0, 0.05) is 11.6 Å². The minimum atomic E-state index is -0.0176. The largest absolute Gasteiger partial charge is 0.348 e. The molecule has 3 nitrogen and oxygen atoms in total. The highest BCUT2D eigenvalue weighted by molar-refractivity contribution is 6.30. The summed E-state index contributed by atoms with van der Waals surface area (Å²) >= 11 is 5.86. The highest BCUT2D eigenvalue weighted by Gasteiger charge is 2.15. The number of hydrogen-bond donors (Lipinski definition) is 1. The van der Waals surface area contributed by atoms with Crippen molar-refractivity contribution in [2.75, 3.05) is 20.6 Å². The van der Waals surface area contributed by atoms with Crippen molar-refractivity contribution in [1.82, 2.24) is 10.2 Å². The van der Waals surface area contributed by atoms with E-state index in [-0.39, 0.29) is 11.9 Å². The Morgan fingerprint density at radius 2 is 1.73 bits per heavy atom. The van der Waals surface area contributed by atoms with Crippen LogP contribution < -0.4 is 5.32 Å². The summed E-state index contributed by atoms with van der Waals surface area (Å²) in [6.07, 6.45) is 0.355. The molecule has 1 atom stereocenters. The van der Waals surface area contributed by atoms with Crippen molar-refractivity contribution >= 4 is 17.5 Å². The second kappa shape index (κ2) is 7.97. The number of carbonyl (C=O) groups is 1. The first-order valence-corrected chi connectivity index (χ1v) is 7.66. The van der Waals surface area contributed by atoms with Crippen LogP contribution >= 0.6 is 11.6 Å². The van der Waals surface area contributed by atoms with Gasteiger partial charge in [-0.05, 0) is 37.4 Å². The molecule has 0 heterocycles. The van der Waals surface area contributed by atoms with Crippen LogP contribution in [0.2, 0.25) is 5.02 Å². The summed E-state index contributed by atoms with van der Waals surface area (Å²) in [7, 11) is 4.00. The molecule has 0 fully saturated rings. The highest BCUT2D eigenvalue weighted by Crippen LogP contribution is 2.14. The van der Waals surface area contributed by atoms with E-state index in [0.717, 1.165) is 17.7 Å². The highest BCUT2D eigenvalue weighted by atomic mass is 35.5.